The molecule has 0 saturated heterocycles. The molecule has 0 aliphatic heterocycles. The van der Waals surface area contributed by atoms with Crippen LogP contribution in [0.4, 0.5) is 4.39 Å². The Morgan fingerprint density at radius 3 is 2.53 bits per heavy atom. The zero-order valence-corrected chi connectivity index (χ0v) is 7.68. The average Bonchev–Trinajstić information content (AvgIpc) is 2.23. The summed E-state index contributed by atoms with van der Waals surface area (Å²) in [6.07, 6.45) is 1.46. The molecule has 0 atom stereocenters. The number of aromatic hydroxyl groups is 2. The second-order valence-electron chi connectivity index (χ2n) is 3.04. The maximum Gasteiger partial charge on any atom is 0.158 e. The molecule has 76 valence electrons. The Hall–Kier alpha value is -2.10. The van der Waals surface area contributed by atoms with Gasteiger partial charge in [0.1, 0.15) is 11.5 Å². The smallest absolute Gasteiger partial charge is 0.158 e. The van der Waals surface area contributed by atoms with Crippen molar-refractivity contribution in [3.05, 3.63) is 42.3 Å². The van der Waals surface area contributed by atoms with Crippen LogP contribution < -0.4 is 0 Å². The normalized spacial score (nSPS) is 10.2. The van der Waals surface area contributed by atoms with Crippen molar-refractivity contribution in [3.63, 3.8) is 0 Å². The van der Waals surface area contributed by atoms with Gasteiger partial charge in [0.2, 0.25) is 0 Å². The van der Waals surface area contributed by atoms with Gasteiger partial charge in [-0.1, -0.05) is 0 Å². The molecule has 0 fully saturated rings. The average molecular weight is 205 g/mol. The van der Waals surface area contributed by atoms with Gasteiger partial charge in [0.05, 0.1) is 0 Å². The second-order valence-corrected chi connectivity index (χ2v) is 3.04. The van der Waals surface area contributed by atoms with Crippen molar-refractivity contribution in [2.24, 2.45) is 0 Å². The van der Waals surface area contributed by atoms with E-state index in [1.165, 1.54) is 36.5 Å². The number of aromatic nitrogens is 1. The lowest BCUT2D eigenvalue weighted by Gasteiger charge is -2.03. The number of halogens is 1. The van der Waals surface area contributed by atoms with E-state index in [4.69, 9.17) is 5.11 Å². The lowest BCUT2D eigenvalue weighted by atomic mass is 10.1. The first kappa shape index (κ1) is 9.45. The third-order valence-corrected chi connectivity index (χ3v) is 2.01. The largest absolute Gasteiger partial charge is 0.504 e. The summed E-state index contributed by atoms with van der Waals surface area (Å²) < 4.78 is 13.3. The van der Waals surface area contributed by atoms with E-state index in [1.807, 2.05) is 0 Å². The molecule has 0 amide bonds. The van der Waals surface area contributed by atoms with Gasteiger partial charge in [-0.2, -0.15) is 0 Å². The van der Waals surface area contributed by atoms with Crippen molar-refractivity contribution < 1.29 is 14.6 Å². The van der Waals surface area contributed by atoms with Crippen LogP contribution >= 0.6 is 0 Å². The van der Waals surface area contributed by atoms with Gasteiger partial charge in [0.15, 0.2) is 11.5 Å². The molecule has 1 heterocycles. The molecule has 0 aliphatic carbocycles. The highest BCUT2D eigenvalue weighted by Gasteiger charge is 2.07. The summed E-state index contributed by atoms with van der Waals surface area (Å²) in [6, 6.07) is 6.81. The first-order valence-corrected chi connectivity index (χ1v) is 4.31. The summed E-state index contributed by atoms with van der Waals surface area (Å²) >= 11 is 0. The Balaban J connectivity index is 2.55. The van der Waals surface area contributed by atoms with E-state index >= 15 is 0 Å². The molecule has 0 radical (unpaired) electrons. The topological polar surface area (TPSA) is 53.4 Å². The Labute approximate surface area is 85.5 Å². The highest BCUT2D eigenvalue weighted by molar-refractivity contribution is 5.63. The third kappa shape index (κ3) is 1.74. The van der Waals surface area contributed by atoms with Crippen molar-refractivity contribution in [1.29, 1.82) is 0 Å². The van der Waals surface area contributed by atoms with E-state index in [2.05, 4.69) is 4.98 Å². The van der Waals surface area contributed by atoms with E-state index in [1.54, 1.807) is 0 Å². The fraction of sp³-hybridized carbons (Fsp3) is 0. The van der Waals surface area contributed by atoms with Crippen LogP contribution in [-0.2, 0) is 0 Å². The van der Waals surface area contributed by atoms with Crippen LogP contribution in [0.15, 0.2) is 36.5 Å². The van der Waals surface area contributed by atoms with Crippen molar-refractivity contribution in [1.82, 2.24) is 4.98 Å². The summed E-state index contributed by atoms with van der Waals surface area (Å²) in [6.45, 7) is 0. The molecule has 3 nitrogen and oxygen atoms in total. The van der Waals surface area contributed by atoms with Crippen LogP contribution in [0.1, 0.15) is 0 Å². The number of benzene rings is 1. The minimum absolute atomic E-state index is 0.146. The fourth-order valence-electron chi connectivity index (χ4n) is 1.27. The number of pyridine rings is 1. The van der Waals surface area contributed by atoms with Crippen molar-refractivity contribution >= 4 is 0 Å². The molecule has 2 aromatic rings. The van der Waals surface area contributed by atoms with E-state index in [0.29, 0.717) is 5.56 Å². The molecule has 0 spiro atoms. The Kier molecular flexibility index (Phi) is 2.25. The van der Waals surface area contributed by atoms with E-state index < -0.39 is 5.82 Å². The number of rotatable bonds is 1. The van der Waals surface area contributed by atoms with E-state index in [9.17, 15) is 9.50 Å². The summed E-state index contributed by atoms with van der Waals surface area (Å²) in [5.41, 5.74) is 0.566. The molecule has 2 N–H and O–H groups in total. The molecule has 0 aliphatic rings. The van der Waals surface area contributed by atoms with E-state index in [0.717, 1.165) is 0 Å². The van der Waals surface area contributed by atoms with Gasteiger partial charge in [-0.25, -0.2) is 4.39 Å². The lowest BCUT2D eigenvalue weighted by molar-refractivity contribution is 0.404. The van der Waals surface area contributed by atoms with Crippen LogP contribution in [0, 0.1) is 5.82 Å². The molecular formula is C11H8FNO2. The van der Waals surface area contributed by atoms with Crippen LogP contribution in [0.5, 0.6) is 11.5 Å². The predicted octanol–water partition coefficient (Wildman–Crippen LogP) is 2.30. The Bertz CT molecular complexity index is 500. The molecule has 15 heavy (non-hydrogen) atoms. The maximum atomic E-state index is 13.3. The number of nitrogens with zero attached hydrogens (tertiary/aromatic N) is 1. The van der Waals surface area contributed by atoms with Gasteiger partial charge < -0.3 is 10.2 Å². The highest BCUT2D eigenvalue weighted by atomic mass is 19.1. The number of phenols is 2. The lowest BCUT2D eigenvalue weighted by Crippen LogP contribution is -1.87. The Morgan fingerprint density at radius 1 is 1.07 bits per heavy atom. The van der Waals surface area contributed by atoms with E-state index in [-0.39, 0.29) is 17.2 Å². The molecule has 1 aromatic carbocycles. The summed E-state index contributed by atoms with van der Waals surface area (Å²) in [5.74, 6) is -1.00. The zero-order valence-electron chi connectivity index (χ0n) is 7.68. The molecule has 1 aromatic heterocycles. The van der Waals surface area contributed by atoms with Gasteiger partial charge in [-0.05, 0) is 30.3 Å². The van der Waals surface area contributed by atoms with Crippen LogP contribution in [0.25, 0.3) is 11.3 Å². The summed E-state index contributed by atoms with van der Waals surface area (Å²) in [4.78, 5) is 3.85. The molecule has 0 unspecified atom stereocenters. The van der Waals surface area contributed by atoms with Crippen LogP contribution in [0.3, 0.4) is 0 Å². The van der Waals surface area contributed by atoms with Gasteiger partial charge in [0, 0.05) is 11.8 Å². The van der Waals surface area contributed by atoms with Crippen molar-refractivity contribution in [2.45, 2.75) is 0 Å². The second kappa shape index (κ2) is 3.57. The summed E-state index contributed by atoms with van der Waals surface area (Å²) in [5, 5.41) is 18.3. The molecule has 0 bridgehead atoms. The fourth-order valence-corrected chi connectivity index (χ4v) is 1.27. The van der Waals surface area contributed by atoms with Crippen molar-refractivity contribution in [2.75, 3.05) is 0 Å². The standard InChI is InChI=1S/C11H8FNO2/c12-8-2-1-5-13-11(8)7-3-4-9(14)10(15)6-7/h1-6,14-15H. The molecular weight excluding hydrogens is 197 g/mol. The zero-order chi connectivity index (χ0) is 10.8. The number of hydrogen-bond acceptors (Lipinski definition) is 3. The first-order valence-electron chi connectivity index (χ1n) is 4.31. The third-order valence-electron chi connectivity index (χ3n) is 2.01. The van der Waals surface area contributed by atoms with Gasteiger partial charge in [-0.15, -0.1) is 0 Å². The first-order chi connectivity index (χ1) is 7.18. The van der Waals surface area contributed by atoms with Gasteiger partial charge in [0.25, 0.3) is 0 Å². The number of phenolic OH excluding ortho intramolecular Hbond substituents is 2. The SMILES string of the molecule is Oc1ccc(-c2ncccc2F)cc1O. The van der Waals surface area contributed by atoms with Crippen LogP contribution in [0.2, 0.25) is 0 Å². The molecule has 2 rings (SSSR count). The van der Waals surface area contributed by atoms with Gasteiger partial charge in [-0.3, -0.25) is 4.98 Å². The monoisotopic (exact) mass is 205 g/mol. The predicted molar refractivity (Wildman–Crippen MR) is 53.0 cm³/mol. The quantitative estimate of drug-likeness (QED) is 0.702. The minimum Gasteiger partial charge on any atom is -0.504 e. The van der Waals surface area contributed by atoms with Crippen molar-refractivity contribution in [3.8, 4) is 22.8 Å². The molecule has 4 heteroatoms. The maximum absolute atomic E-state index is 13.3. The highest BCUT2D eigenvalue weighted by Crippen LogP contribution is 2.30. The molecule has 0 saturated carbocycles. The number of hydrogen-bond donors (Lipinski definition) is 2. The van der Waals surface area contributed by atoms with Crippen LogP contribution in [-0.4, -0.2) is 15.2 Å². The summed E-state index contributed by atoms with van der Waals surface area (Å²) in [7, 11) is 0. The minimum atomic E-state index is -0.470. The van der Waals surface area contributed by atoms with Gasteiger partial charge >= 0.3 is 0 Å². The Morgan fingerprint density at radius 2 is 1.87 bits per heavy atom.